The van der Waals surface area contributed by atoms with E-state index in [2.05, 4.69) is 21.3 Å². The second-order valence-corrected chi connectivity index (χ2v) is 28.0. The monoisotopic (exact) mass is 1300 g/mol. The van der Waals surface area contributed by atoms with Crippen LogP contribution >= 0.6 is 0 Å². The summed E-state index contributed by atoms with van der Waals surface area (Å²) in [5.74, 6) is -11.0. The Bertz CT molecular complexity index is 2610. The summed E-state index contributed by atoms with van der Waals surface area (Å²) < 4.78 is 5.78. The van der Waals surface area contributed by atoms with Crippen molar-refractivity contribution in [3.05, 3.63) is 12.2 Å². The molecule has 26 nitrogen and oxygen atoms in total. The topological polar surface area (TPSA) is 308 Å². The van der Waals surface area contributed by atoms with E-state index >= 15 is 28.8 Å². The number of fused-ring (bicyclic) bond motifs is 1. The molecule has 0 aromatic rings. The van der Waals surface area contributed by atoms with Crippen molar-refractivity contribution in [2.24, 2.45) is 41.4 Å². The molecule has 2 aliphatic heterocycles. The normalized spacial score (nSPS) is 27.9. The fourth-order valence-electron chi connectivity index (χ4n) is 12.1. The van der Waals surface area contributed by atoms with Crippen LogP contribution in [0.15, 0.2) is 12.2 Å². The van der Waals surface area contributed by atoms with Crippen molar-refractivity contribution in [1.82, 2.24) is 60.5 Å². The number of carbonyl (C=O) groups excluding carboxylic acids is 12. The highest BCUT2D eigenvalue weighted by Gasteiger charge is 2.49. The Morgan fingerprint density at radius 3 is 1.45 bits per heavy atom. The third-order valence-corrected chi connectivity index (χ3v) is 17.6. The molecular formula is C66H116N12O14. The zero-order chi connectivity index (χ0) is 71.0. The predicted octanol–water partition coefficient (Wildman–Crippen LogP) is 3.09. The number of hydrogen-bond acceptors (Lipinski definition) is 14. The van der Waals surface area contributed by atoms with Crippen LogP contribution in [0, 0.1) is 41.4 Å². The zero-order valence-corrected chi connectivity index (χ0v) is 60.0. The second kappa shape index (κ2) is 36.0. The molecule has 2 fully saturated rings. The summed E-state index contributed by atoms with van der Waals surface area (Å²) in [7, 11) is 11.3. The zero-order valence-electron chi connectivity index (χ0n) is 60.0. The minimum atomic E-state index is -1.69. The quantitative estimate of drug-likeness (QED) is 0.147. The SMILES string of the molecule is C/C=C/C[C@@H](C)[C@@H](O)[C@H]1C(=O)N[C@@H](CC)C(=O)N2CC(OC(=O)N(C)C)C[C@@H]2C(=O)N(C)[C@@H](C(C)C)C(=O)N[C@@H](C(C)C)C(=O)N(C)[C@@H](CC(C)C)C(=O)N[C@@H](C)C(=O)N[C@H](C)C(=O)N(C)[C@@H](CC(C)C)C(=O)N(C)[C@@H](CC(C)C)C(=O)N(C)[C@@H](C(C)C)C(=O)N1C. The van der Waals surface area contributed by atoms with Crippen molar-refractivity contribution in [3.63, 3.8) is 0 Å². The molecule has 0 spiro atoms. The first kappa shape index (κ1) is 81.2. The Labute approximate surface area is 548 Å². The van der Waals surface area contributed by atoms with E-state index in [1.807, 2.05) is 41.5 Å². The molecule has 26 heteroatoms. The number of aliphatic hydroxyl groups excluding tert-OH is 1. The lowest BCUT2D eigenvalue weighted by atomic mass is 9.91. The summed E-state index contributed by atoms with van der Waals surface area (Å²) in [6.45, 7) is 29.0. The van der Waals surface area contributed by atoms with E-state index in [0.717, 1.165) is 4.90 Å². The average Bonchev–Trinajstić information content (AvgIpc) is 1.40. The average molecular weight is 1300 g/mol. The van der Waals surface area contributed by atoms with Crippen molar-refractivity contribution >= 4 is 71.1 Å². The van der Waals surface area contributed by atoms with Crippen molar-refractivity contribution in [2.75, 3.05) is 62.9 Å². The number of nitrogens with zero attached hydrogens (tertiary/aromatic N) is 8. The number of likely N-dealkylation sites (N-methyl/N-ethyl adjacent to an activating group) is 6. The summed E-state index contributed by atoms with van der Waals surface area (Å²) in [6, 6.07) is -14.4. The molecule has 0 radical (unpaired) electrons. The van der Waals surface area contributed by atoms with Crippen LogP contribution in [-0.2, 0) is 57.5 Å². The van der Waals surface area contributed by atoms with Gasteiger partial charge in [-0.05, 0) is 94.3 Å². The number of carbonyl (C=O) groups is 12. The molecule has 5 N–H and O–H groups in total. The summed E-state index contributed by atoms with van der Waals surface area (Å²) in [5, 5.41) is 23.3. The van der Waals surface area contributed by atoms with E-state index in [4.69, 9.17) is 4.74 Å². The highest BCUT2D eigenvalue weighted by molar-refractivity contribution is 6.00. The number of hydrogen-bond donors (Lipinski definition) is 5. The smallest absolute Gasteiger partial charge is 0.409 e. The van der Waals surface area contributed by atoms with Gasteiger partial charge in [0, 0.05) is 62.8 Å². The third kappa shape index (κ3) is 21.1. The van der Waals surface area contributed by atoms with Crippen LogP contribution in [-0.4, -0.2) is 257 Å². The van der Waals surface area contributed by atoms with Gasteiger partial charge in [-0.3, -0.25) is 52.7 Å². The minimum absolute atomic E-state index is 0.0747. The highest BCUT2D eigenvalue weighted by atomic mass is 16.6. The fourth-order valence-corrected chi connectivity index (χ4v) is 12.1. The first-order chi connectivity index (χ1) is 42.5. The fraction of sp³-hybridized carbons (Fsp3) is 0.788. The molecule has 2 heterocycles. The number of amides is 12. The highest BCUT2D eigenvalue weighted by Crippen LogP contribution is 2.29. The minimum Gasteiger partial charge on any atom is -0.444 e. The lowest BCUT2D eigenvalue weighted by molar-refractivity contribution is -0.157. The van der Waals surface area contributed by atoms with Crippen LogP contribution < -0.4 is 21.3 Å². The molecule has 0 aromatic carbocycles. The second-order valence-electron chi connectivity index (χ2n) is 28.0. The molecule has 12 amide bonds. The number of rotatable bonds is 15. The molecule has 2 rings (SSSR count). The van der Waals surface area contributed by atoms with Gasteiger partial charge in [0.2, 0.25) is 65.0 Å². The Morgan fingerprint density at radius 1 is 0.533 bits per heavy atom. The van der Waals surface area contributed by atoms with Crippen LogP contribution in [0.5, 0.6) is 0 Å². The summed E-state index contributed by atoms with van der Waals surface area (Å²) in [5.41, 5.74) is 0. The Morgan fingerprint density at radius 2 is 0.978 bits per heavy atom. The first-order valence-corrected chi connectivity index (χ1v) is 32.8. The van der Waals surface area contributed by atoms with E-state index in [1.165, 1.54) is 105 Å². The van der Waals surface area contributed by atoms with Gasteiger partial charge in [-0.25, -0.2) is 4.79 Å². The molecule has 0 saturated carbocycles. The maximum Gasteiger partial charge on any atom is 0.409 e. The molecule has 2 saturated heterocycles. The lowest BCUT2D eigenvalue weighted by Crippen LogP contribution is -2.64. The van der Waals surface area contributed by atoms with Crippen LogP contribution in [0.1, 0.15) is 156 Å². The summed E-state index contributed by atoms with van der Waals surface area (Å²) in [4.78, 5) is 186. The molecule has 0 aliphatic carbocycles. The lowest BCUT2D eigenvalue weighted by Gasteiger charge is -2.41. The van der Waals surface area contributed by atoms with Gasteiger partial charge in [0.15, 0.2) is 0 Å². The molecule has 14 atom stereocenters. The van der Waals surface area contributed by atoms with Gasteiger partial charge in [0.25, 0.3) is 0 Å². The molecule has 0 aromatic heterocycles. The van der Waals surface area contributed by atoms with Crippen molar-refractivity contribution in [3.8, 4) is 0 Å². The maximum absolute atomic E-state index is 15.3. The van der Waals surface area contributed by atoms with E-state index in [1.54, 1.807) is 74.5 Å². The van der Waals surface area contributed by atoms with Gasteiger partial charge < -0.3 is 70.3 Å². The van der Waals surface area contributed by atoms with Crippen LogP contribution in [0.2, 0.25) is 0 Å². The number of ether oxygens (including phenoxy) is 1. The van der Waals surface area contributed by atoms with Gasteiger partial charge in [-0.2, -0.15) is 0 Å². The number of allylic oxidation sites excluding steroid dienone is 2. The van der Waals surface area contributed by atoms with Gasteiger partial charge in [0.05, 0.1) is 12.6 Å². The van der Waals surface area contributed by atoms with E-state index < -0.39 is 173 Å². The molecule has 1 unspecified atom stereocenters. The third-order valence-electron chi connectivity index (χ3n) is 17.6. The largest absolute Gasteiger partial charge is 0.444 e. The van der Waals surface area contributed by atoms with Crippen molar-refractivity contribution < 1.29 is 67.4 Å². The Hall–Kier alpha value is -6.86. The molecule has 92 heavy (non-hydrogen) atoms. The van der Waals surface area contributed by atoms with Gasteiger partial charge in [-0.15, -0.1) is 0 Å². The molecule has 524 valence electrons. The van der Waals surface area contributed by atoms with E-state index in [-0.39, 0.29) is 62.8 Å². The molecule has 0 bridgehead atoms. The van der Waals surface area contributed by atoms with E-state index in [9.17, 15) is 33.9 Å². The number of nitrogens with one attached hydrogen (secondary N) is 4. The number of aliphatic hydroxyl groups is 1. The van der Waals surface area contributed by atoms with E-state index in [0.29, 0.717) is 0 Å². The van der Waals surface area contributed by atoms with Gasteiger partial charge in [0.1, 0.15) is 72.6 Å². The summed E-state index contributed by atoms with van der Waals surface area (Å²) >= 11 is 0. The van der Waals surface area contributed by atoms with Crippen LogP contribution in [0.3, 0.4) is 0 Å². The summed E-state index contributed by atoms with van der Waals surface area (Å²) in [6.07, 6.45) is 0.534. The Balaban J connectivity index is 3.11. The molecular weight excluding hydrogens is 1180 g/mol. The predicted molar refractivity (Wildman–Crippen MR) is 350 cm³/mol. The van der Waals surface area contributed by atoms with Crippen LogP contribution in [0.25, 0.3) is 0 Å². The van der Waals surface area contributed by atoms with Crippen molar-refractivity contribution in [1.29, 1.82) is 0 Å². The molecule has 2 aliphatic rings. The van der Waals surface area contributed by atoms with Crippen molar-refractivity contribution in [2.45, 2.75) is 235 Å². The van der Waals surface area contributed by atoms with Gasteiger partial charge >= 0.3 is 6.09 Å². The van der Waals surface area contributed by atoms with Crippen LogP contribution in [0.4, 0.5) is 4.79 Å². The Kier molecular flexibility index (Phi) is 31.8. The first-order valence-electron chi connectivity index (χ1n) is 32.8. The van der Waals surface area contributed by atoms with Gasteiger partial charge in [-0.1, -0.05) is 109 Å². The maximum atomic E-state index is 15.3. The standard InChI is InChI=1S/C66H116N12O14/c1-26-28-29-41(15)54(79)53-58(83)69-45(27-2)60(85)78-34-44(92-66(91)71(18)19)33-49(78)63(88)75(23)51(39(11)12)57(82)70-50(38(9)10)64(89)72(20)46(30-35(3)4)56(81)67-42(16)55(80)68-43(17)59(84)73(21)47(31-36(5)6)61(86)74(22)48(32-37(7)8)62(87)76(24)52(40(13)14)65(90)77(53)25/h26,28,35-54,79H,27,29-34H2,1-25H3,(H,67,81)(H,68,80)(H,69,83)(H,70,82)/b28-26+/t41-,42+,43-,44?,45+,46+,47+,48+,49-,50+,51+,52+,53+,54-/m1/s1.